The van der Waals surface area contributed by atoms with Gasteiger partial charge in [-0.25, -0.2) is 14.8 Å². The first-order chi connectivity index (χ1) is 12.8. The number of rotatable bonds is 3. The highest BCUT2D eigenvalue weighted by atomic mass is 16.6. The number of hydrogen-bond donors (Lipinski definition) is 0. The van der Waals surface area contributed by atoms with Crippen molar-refractivity contribution in [2.75, 3.05) is 32.1 Å². The molecule has 1 aromatic heterocycles. The Morgan fingerprint density at radius 3 is 2.52 bits per heavy atom. The van der Waals surface area contributed by atoms with E-state index in [-0.39, 0.29) is 12.1 Å². The number of fused-ring (bicyclic) bond motifs is 1. The zero-order chi connectivity index (χ0) is 19.6. The number of benzene rings is 1. The van der Waals surface area contributed by atoms with Gasteiger partial charge in [-0.3, -0.25) is 0 Å². The van der Waals surface area contributed by atoms with Crippen LogP contribution in [0.15, 0.2) is 24.3 Å². The summed E-state index contributed by atoms with van der Waals surface area (Å²) >= 11 is 0. The number of carbonyl (C=O) groups excluding carboxylic acids is 1. The first kappa shape index (κ1) is 19.2. The van der Waals surface area contributed by atoms with E-state index in [0.29, 0.717) is 12.4 Å². The molecule has 1 aliphatic rings. The van der Waals surface area contributed by atoms with E-state index < -0.39 is 5.60 Å². The number of aromatic nitrogens is 2. The summed E-state index contributed by atoms with van der Waals surface area (Å²) in [6.07, 6.45) is 1.58. The molecule has 1 saturated heterocycles. The van der Waals surface area contributed by atoms with Gasteiger partial charge in [0, 0.05) is 20.1 Å². The molecule has 1 atom stereocenters. The number of para-hydroxylation sites is 2. The lowest BCUT2D eigenvalue weighted by molar-refractivity contribution is 0.0209. The normalized spacial score (nSPS) is 17.7. The average Bonchev–Trinajstić information content (AvgIpc) is 2.65. The van der Waals surface area contributed by atoms with E-state index in [9.17, 15) is 4.79 Å². The molecule has 0 unspecified atom stereocenters. The third-order valence-electron chi connectivity index (χ3n) is 4.64. The standard InChI is InChI=1S/C20H28N4O3/c1-20(2,3)27-19(25)23(4)14-9-8-12-24(13-14)17-18(26-5)22-16-11-7-6-10-15(16)21-17/h6-7,10-11,14H,8-9,12-13H2,1-5H3/t14-/m1/s1. The fourth-order valence-corrected chi connectivity index (χ4v) is 3.26. The number of hydrogen-bond acceptors (Lipinski definition) is 6. The van der Waals surface area contributed by atoms with Crippen LogP contribution in [0.2, 0.25) is 0 Å². The van der Waals surface area contributed by atoms with Crippen LogP contribution in [0.4, 0.5) is 10.6 Å². The molecule has 1 amide bonds. The van der Waals surface area contributed by atoms with Gasteiger partial charge in [0.2, 0.25) is 0 Å². The third kappa shape index (κ3) is 4.40. The Balaban J connectivity index is 1.82. The third-order valence-corrected chi connectivity index (χ3v) is 4.64. The molecule has 2 aromatic rings. The van der Waals surface area contributed by atoms with Crippen molar-refractivity contribution in [3.63, 3.8) is 0 Å². The molecule has 1 fully saturated rings. The number of likely N-dealkylation sites (N-methyl/N-ethyl adjacent to an activating group) is 1. The Morgan fingerprint density at radius 1 is 1.22 bits per heavy atom. The summed E-state index contributed by atoms with van der Waals surface area (Å²) < 4.78 is 11.0. The molecule has 0 saturated carbocycles. The van der Waals surface area contributed by atoms with Gasteiger partial charge in [0.15, 0.2) is 5.82 Å². The fraction of sp³-hybridized carbons (Fsp3) is 0.550. The highest BCUT2D eigenvalue weighted by Crippen LogP contribution is 2.30. The first-order valence-electron chi connectivity index (χ1n) is 9.30. The summed E-state index contributed by atoms with van der Waals surface area (Å²) in [5.41, 5.74) is 1.13. The molecule has 0 radical (unpaired) electrons. The first-order valence-corrected chi connectivity index (χ1v) is 9.30. The Hall–Kier alpha value is -2.57. The van der Waals surface area contributed by atoms with Crippen LogP contribution in [0.1, 0.15) is 33.6 Å². The predicted octanol–water partition coefficient (Wildman–Crippen LogP) is 3.47. The second-order valence-electron chi connectivity index (χ2n) is 7.88. The predicted molar refractivity (Wildman–Crippen MR) is 105 cm³/mol. The maximum atomic E-state index is 12.4. The van der Waals surface area contributed by atoms with Crippen LogP contribution in [0.3, 0.4) is 0 Å². The van der Waals surface area contributed by atoms with Gasteiger partial charge in [-0.2, -0.15) is 0 Å². The number of carbonyl (C=O) groups is 1. The molecule has 1 aliphatic heterocycles. The van der Waals surface area contributed by atoms with Gasteiger partial charge in [0.25, 0.3) is 5.88 Å². The van der Waals surface area contributed by atoms with Gasteiger partial charge in [-0.05, 0) is 45.7 Å². The minimum Gasteiger partial charge on any atom is -0.478 e. The monoisotopic (exact) mass is 372 g/mol. The Labute approximate surface area is 160 Å². The maximum Gasteiger partial charge on any atom is 0.410 e. The van der Waals surface area contributed by atoms with E-state index >= 15 is 0 Å². The van der Waals surface area contributed by atoms with E-state index in [1.807, 2.05) is 45.0 Å². The topological polar surface area (TPSA) is 67.8 Å². The number of methoxy groups -OCH3 is 1. The van der Waals surface area contributed by atoms with E-state index in [2.05, 4.69) is 9.88 Å². The van der Waals surface area contributed by atoms with Crippen LogP contribution in [0.25, 0.3) is 11.0 Å². The SMILES string of the molecule is COc1nc2ccccc2nc1N1CCC[C@@H](N(C)C(=O)OC(C)(C)C)C1. The molecule has 0 spiro atoms. The van der Waals surface area contributed by atoms with Crippen molar-refractivity contribution in [3.8, 4) is 5.88 Å². The highest BCUT2D eigenvalue weighted by Gasteiger charge is 2.31. The second kappa shape index (κ2) is 7.58. The lowest BCUT2D eigenvalue weighted by atomic mass is 10.0. The number of piperidine rings is 1. The van der Waals surface area contributed by atoms with Crippen molar-refractivity contribution in [1.82, 2.24) is 14.9 Å². The van der Waals surface area contributed by atoms with Crippen molar-refractivity contribution in [1.29, 1.82) is 0 Å². The second-order valence-corrected chi connectivity index (χ2v) is 7.88. The lowest BCUT2D eigenvalue weighted by Gasteiger charge is -2.38. The van der Waals surface area contributed by atoms with Crippen LogP contribution in [-0.4, -0.2) is 59.9 Å². The van der Waals surface area contributed by atoms with Crippen molar-refractivity contribution < 1.29 is 14.3 Å². The van der Waals surface area contributed by atoms with E-state index in [1.165, 1.54) is 0 Å². The Morgan fingerprint density at radius 2 is 1.89 bits per heavy atom. The zero-order valence-electron chi connectivity index (χ0n) is 16.7. The molecule has 3 rings (SSSR count). The van der Waals surface area contributed by atoms with E-state index in [4.69, 9.17) is 14.5 Å². The van der Waals surface area contributed by atoms with Gasteiger partial charge < -0.3 is 19.3 Å². The average molecular weight is 372 g/mol. The summed E-state index contributed by atoms with van der Waals surface area (Å²) in [4.78, 5) is 25.6. The Bertz CT molecular complexity index is 818. The van der Waals surface area contributed by atoms with Gasteiger partial charge >= 0.3 is 6.09 Å². The Kier molecular flexibility index (Phi) is 5.39. The van der Waals surface area contributed by atoms with Gasteiger partial charge in [0.1, 0.15) is 5.60 Å². The van der Waals surface area contributed by atoms with Crippen LogP contribution >= 0.6 is 0 Å². The minimum absolute atomic E-state index is 0.0478. The molecule has 0 N–H and O–H groups in total. The zero-order valence-corrected chi connectivity index (χ0v) is 16.7. The molecule has 7 nitrogen and oxygen atoms in total. The number of ether oxygens (including phenoxy) is 2. The quantitative estimate of drug-likeness (QED) is 0.822. The van der Waals surface area contributed by atoms with Gasteiger partial charge in [0.05, 0.1) is 24.2 Å². The lowest BCUT2D eigenvalue weighted by Crippen LogP contribution is -2.50. The summed E-state index contributed by atoms with van der Waals surface area (Å²) in [6, 6.07) is 7.79. The van der Waals surface area contributed by atoms with Crippen LogP contribution in [0, 0.1) is 0 Å². The van der Waals surface area contributed by atoms with Crippen molar-refractivity contribution in [2.45, 2.75) is 45.3 Å². The van der Waals surface area contributed by atoms with Gasteiger partial charge in [-0.15, -0.1) is 0 Å². The number of amides is 1. The molecular weight excluding hydrogens is 344 g/mol. The minimum atomic E-state index is -0.507. The molecule has 2 heterocycles. The molecule has 1 aromatic carbocycles. The smallest absolute Gasteiger partial charge is 0.410 e. The molecule has 146 valence electrons. The molecular formula is C20H28N4O3. The molecule has 27 heavy (non-hydrogen) atoms. The van der Waals surface area contributed by atoms with Crippen LogP contribution in [-0.2, 0) is 4.74 Å². The molecule has 0 aliphatic carbocycles. The highest BCUT2D eigenvalue weighted by molar-refractivity contribution is 5.77. The largest absolute Gasteiger partial charge is 0.478 e. The van der Waals surface area contributed by atoms with Crippen molar-refractivity contribution in [2.24, 2.45) is 0 Å². The van der Waals surface area contributed by atoms with Crippen molar-refractivity contribution >= 4 is 22.9 Å². The number of anilines is 1. The summed E-state index contributed by atoms with van der Waals surface area (Å²) in [5, 5.41) is 0. The maximum absolute atomic E-state index is 12.4. The molecule has 7 heteroatoms. The molecule has 0 bridgehead atoms. The van der Waals surface area contributed by atoms with Crippen LogP contribution < -0.4 is 9.64 Å². The van der Waals surface area contributed by atoms with Gasteiger partial charge in [-0.1, -0.05) is 12.1 Å². The number of nitrogens with zero attached hydrogens (tertiary/aromatic N) is 4. The summed E-state index contributed by atoms with van der Waals surface area (Å²) in [6.45, 7) is 7.14. The van der Waals surface area contributed by atoms with E-state index in [0.717, 1.165) is 36.2 Å². The van der Waals surface area contributed by atoms with E-state index in [1.54, 1.807) is 19.1 Å². The summed E-state index contributed by atoms with van der Waals surface area (Å²) in [5.74, 6) is 1.23. The fourth-order valence-electron chi connectivity index (χ4n) is 3.26. The summed E-state index contributed by atoms with van der Waals surface area (Å²) in [7, 11) is 3.40. The van der Waals surface area contributed by atoms with Crippen molar-refractivity contribution in [3.05, 3.63) is 24.3 Å². The van der Waals surface area contributed by atoms with Crippen LogP contribution in [0.5, 0.6) is 5.88 Å².